The molecule has 0 radical (unpaired) electrons. The van der Waals surface area contributed by atoms with Crippen LogP contribution in [0.5, 0.6) is 23.0 Å². The Balaban J connectivity index is 1.87. The topological polar surface area (TPSA) is 58.9 Å². The predicted molar refractivity (Wildman–Crippen MR) is 74.5 cm³/mol. The average molecular weight is 272 g/mol. The van der Waals surface area contributed by atoms with Gasteiger partial charge in [-0.1, -0.05) is 12.1 Å². The highest BCUT2D eigenvalue weighted by atomic mass is 16.5. The number of fused-ring (bicyclic) bond motifs is 1. The molecule has 4 heteroatoms. The highest BCUT2D eigenvalue weighted by Gasteiger charge is 2.24. The van der Waals surface area contributed by atoms with Crippen LogP contribution in [0.2, 0.25) is 0 Å². The minimum absolute atomic E-state index is 0.0108. The summed E-state index contributed by atoms with van der Waals surface area (Å²) < 4.78 is 11.0. The van der Waals surface area contributed by atoms with Crippen molar-refractivity contribution in [1.82, 2.24) is 0 Å². The second-order valence-corrected chi connectivity index (χ2v) is 4.86. The lowest BCUT2D eigenvalue weighted by Gasteiger charge is -2.27. The lowest BCUT2D eigenvalue weighted by molar-refractivity contribution is 0.174. The Labute approximate surface area is 117 Å². The molecule has 1 aliphatic rings. The molecular formula is C16H16O4. The van der Waals surface area contributed by atoms with E-state index in [4.69, 9.17) is 9.47 Å². The van der Waals surface area contributed by atoms with Gasteiger partial charge < -0.3 is 19.7 Å². The average Bonchev–Trinajstić information content (AvgIpc) is 2.46. The lowest BCUT2D eigenvalue weighted by Crippen LogP contribution is -2.15. The molecule has 0 saturated carbocycles. The number of ether oxygens (including phenoxy) is 2. The van der Waals surface area contributed by atoms with Crippen LogP contribution >= 0.6 is 0 Å². The van der Waals surface area contributed by atoms with Gasteiger partial charge in [-0.25, -0.2) is 0 Å². The number of rotatable bonds is 2. The van der Waals surface area contributed by atoms with Gasteiger partial charge >= 0.3 is 0 Å². The lowest BCUT2D eigenvalue weighted by atomic mass is 9.96. The summed E-state index contributed by atoms with van der Waals surface area (Å²) >= 11 is 0. The van der Waals surface area contributed by atoms with Crippen LogP contribution in [-0.2, 0) is 6.42 Å². The van der Waals surface area contributed by atoms with Gasteiger partial charge in [0, 0.05) is 17.7 Å². The first-order chi connectivity index (χ1) is 9.67. The molecule has 1 heterocycles. The fraction of sp³-hybridized carbons (Fsp3) is 0.250. The monoisotopic (exact) mass is 272 g/mol. The first kappa shape index (κ1) is 12.7. The Morgan fingerprint density at radius 1 is 1.15 bits per heavy atom. The van der Waals surface area contributed by atoms with Gasteiger partial charge in [-0.2, -0.15) is 0 Å². The van der Waals surface area contributed by atoms with E-state index < -0.39 is 0 Å². The third kappa shape index (κ3) is 2.25. The normalized spacial score (nSPS) is 17.1. The van der Waals surface area contributed by atoms with Gasteiger partial charge in [-0.05, 0) is 30.5 Å². The summed E-state index contributed by atoms with van der Waals surface area (Å²) in [5.41, 5.74) is 1.81. The Kier molecular flexibility index (Phi) is 3.14. The van der Waals surface area contributed by atoms with Crippen LogP contribution in [0.4, 0.5) is 0 Å². The largest absolute Gasteiger partial charge is 0.508 e. The zero-order valence-corrected chi connectivity index (χ0v) is 11.2. The fourth-order valence-corrected chi connectivity index (χ4v) is 2.51. The van der Waals surface area contributed by atoms with Crippen molar-refractivity contribution in [2.45, 2.75) is 18.9 Å². The molecule has 0 spiro atoms. The van der Waals surface area contributed by atoms with E-state index in [0.29, 0.717) is 5.75 Å². The standard InChI is InChI=1S/C16H16O4/c1-19-12-4-2-10(3-5-12)15-7-6-13-14(18)8-11(17)9-16(13)20-15/h2-5,8-9,15,17-18H,6-7H2,1H3. The number of aromatic hydroxyl groups is 2. The molecule has 0 bridgehead atoms. The van der Waals surface area contributed by atoms with Crippen molar-refractivity contribution >= 4 is 0 Å². The molecule has 20 heavy (non-hydrogen) atoms. The van der Waals surface area contributed by atoms with E-state index in [-0.39, 0.29) is 17.6 Å². The van der Waals surface area contributed by atoms with Crippen LogP contribution in [0.15, 0.2) is 36.4 Å². The van der Waals surface area contributed by atoms with Crippen LogP contribution in [0.3, 0.4) is 0 Å². The SMILES string of the molecule is COc1ccc(C2CCc3c(O)cc(O)cc3O2)cc1. The number of hydrogen-bond donors (Lipinski definition) is 2. The van der Waals surface area contributed by atoms with Crippen molar-refractivity contribution in [3.8, 4) is 23.0 Å². The highest BCUT2D eigenvalue weighted by Crippen LogP contribution is 2.41. The van der Waals surface area contributed by atoms with E-state index >= 15 is 0 Å². The van der Waals surface area contributed by atoms with Crippen LogP contribution in [0, 0.1) is 0 Å². The van der Waals surface area contributed by atoms with E-state index in [1.807, 2.05) is 24.3 Å². The van der Waals surface area contributed by atoms with Crippen LogP contribution in [-0.4, -0.2) is 17.3 Å². The molecule has 0 fully saturated rings. The third-order valence-electron chi connectivity index (χ3n) is 3.58. The van der Waals surface area contributed by atoms with Gasteiger partial charge in [0.25, 0.3) is 0 Å². The molecule has 0 aliphatic carbocycles. The van der Waals surface area contributed by atoms with E-state index in [1.54, 1.807) is 13.2 Å². The highest BCUT2D eigenvalue weighted by molar-refractivity contribution is 5.50. The molecule has 1 atom stereocenters. The molecule has 104 valence electrons. The van der Waals surface area contributed by atoms with Crippen LogP contribution in [0.1, 0.15) is 23.7 Å². The van der Waals surface area contributed by atoms with E-state index in [9.17, 15) is 10.2 Å². The maximum atomic E-state index is 9.81. The molecule has 4 nitrogen and oxygen atoms in total. The van der Waals surface area contributed by atoms with Gasteiger partial charge in [-0.3, -0.25) is 0 Å². The summed E-state index contributed by atoms with van der Waals surface area (Å²) in [7, 11) is 1.63. The number of hydrogen-bond acceptors (Lipinski definition) is 4. The molecule has 2 aromatic carbocycles. The van der Waals surface area contributed by atoms with Gasteiger partial charge in [0.2, 0.25) is 0 Å². The van der Waals surface area contributed by atoms with Crippen molar-refractivity contribution in [3.63, 3.8) is 0 Å². The molecule has 2 aromatic rings. The quantitative estimate of drug-likeness (QED) is 0.881. The third-order valence-corrected chi connectivity index (χ3v) is 3.58. The molecule has 0 aromatic heterocycles. The second-order valence-electron chi connectivity index (χ2n) is 4.86. The van der Waals surface area contributed by atoms with Gasteiger partial charge in [-0.15, -0.1) is 0 Å². The molecular weight excluding hydrogens is 256 g/mol. The number of benzene rings is 2. The summed E-state index contributed by atoms with van der Waals surface area (Å²) in [5, 5.41) is 19.3. The molecule has 0 amide bonds. The van der Waals surface area contributed by atoms with Crippen molar-refractivity contribution in [3.05, 3.63) is 47.5 Å². The predicted octanol–water partition coefficient (Wildman–Crippen LogP) is 3.17. The van der Waals surface area contributed by atoms with E-state index in [1.165, 1.54) is 6.07 Å². The molecule has 1 aliphatic heterocycles. The molecule has 2 N–H and O–H groups in total. The zero-order chi connectivity index (χ0) is 14.1. The van der Waals surface area contributed by atoms with Crippen LogP contribution < -0.4 is 9.47 Å². The Morgan fingerprint density at radius 2 is 1.90 bits per heavy atom. The van der Waals surface area contributed by atoms with Gasteiger partial charge in [0.15, 0.2) is 0 Å². The molecule has 0 saturated heterocycles. The summed E-state index contributed by atoms with van der Waals surface area (Å²) in [6.07, 6.45) is 1.44. The van der Waals surface area contributed by atoms with Crippen molar-refractivity contribution < 1.29 is 19.7 Å². The Hall–Kier alpha value is -2.36. The number of methoxy groups -OCH3 is 1. The first-order valence-electron chi connectivity index (χ1n) is 6.53. The Bertz CT molecular complexity index is 619. The second kappa shape index (κ2) is 4.96. The van der Waals surface area contributed by atoms with Crippen LogP contribution in [0.25, 0.3) is 0 Å². The smallest absolute Gasteiger partial charge is 0.130 e. The maximum Gasteiger partial charge on any atom is 0.130 e. The van der Waals surface area contributed by atoms with Crippen molar-refractivity contribution in [1.29, 1.82) is 0 Å². The molecule has 1 unspecified atom stereocenters. The van der Waals surface area contributed by atoms with E-state index in [0.717, 1.165) is 29.7 Å². The zero-order valence-electron chi connectivity index (χ0n) is 11.2. The minimum Gasteiger partial charge on any atom is -0.508 e. The van der Waals surface area contributed by atoms with Gasteiger partial charge in [0.1, 0.15) is 29.1 Å². The minimum atomic E-state index is -0.0744. The van der Waals surface area contributed by atoms with Crippen molar-refractivity contribution in [2.75, 3.05) is 7.11 Å². The molecule has 3 rings (SSSR count). The number of phenols is 2. The summed E-state index contributed by atoms with van der Waals surface area (Å²) in [5.74, 6) is 1.46. The maximum absolute atomic E-state index is 9.81. The van der Waals surface area contributed by atoms with Crippen molar-refractivity contribution in [2.24, 2.45) is 0 Å². The number of phenolic OH excluding ortho intramolecular Hbond substituents is 2. The first-order valence-corrected chi connectivity index (χ1v) is 6.53. The Morgan fingerprint density at radius 3 is 2.60 bits per heavy atom. The summed E-state index contributed by atoms with van der Waals surface area (Å²) in [6.45, 7) is 0. The van der Waals surface area contributed by atoms with E-state index in [2.05, 4.69) is 0 Å². The summed E-state index contributed by atoms with van der Waals surface area (Å²) in [4.78, 5) is 0. The fourth-order valence-electron chi connectivity index (χ4n) is 2.51. The van der Waals surface area contributed by atoms with Gasteiger partial charge in [0.05, 0.1) is 7.11 Å². The summed E-state index contributed by atoms with van der Waals surface area (Å²) in [6, 6.07) is 10.6.